The highest BCUT2D eigenvalue weighted by Gasteiger charge is 2.50. The van der Waals surface area contributed by atoms with E-state index in [4.69, 9.17) is 4.74 Å². The Labute approximate surface area is 146 Å². The van der Waals surface area contributed by atoms with Crippen LogP contribution in [-0.4, -0.2) is 40.0 Å². The first kappa shape index (κ1) is 15.8. The van der Waals surface area contributed by atoms with Gasteiger partial charge in [-0.2, -0.15) is 0 Å². The van der Waals surface area contributed by atoms with Gasteiger partial charge in [0.2, 0.25) is 5.88 Å². The molecular formula is C18H23N3O2S. The molecule has 6 heteroatoms. The molecule has 24 heavy (non-hydrogen) atoms. The third-order valence-corrected chi connectivity index (χ3v) is 6.11. The molecule has 3 heterocycles. The molecule has 128 valence electrons. The first-order valence-electron chi connectivity index (χ1n) is 8.46. The number of hydrogen-bond donors (Lipinski definition) is 0. The van der Waals surface area contributed by atoms with Crippen molar-refractivity contribution in [3.05, 3.63) is 17.8 Å². The number of amides is 1. The lowest BCUT2D eigenvalue weighted by molar-refractivity contribution is -0.134. The molecule has 0 aromatic carbocycles. The van der Waals surface area contributed by atoms with E-state index >= 15 is 0 Å². The number of carbonyl (C=O) groups is 1. The summed E-state index contributed by atoms with van der Waals surface area (Å²) in [6, 6.07) is 2.29. The van der Waals surface area contributed by atoms with Crippen LogP contribution in [-0.2, 0) is 4.79 Å². The van der Waals surface area contributed by atoms with E-state index in [1.165, 1.54) is 12.7 Å². The largest absolute Gasteiger partial charge is 0.467 e. The molecular weight excluding hydrogens is 322 g/mol. The number of likely N-dealkylation sites (tertiary alicyclic amines) is 1. The fraction of sp³-hybridized carbons (Fsp3) is 0.611. The van der Waals surface area contributed by atoms with Crippen molar-refractivity contribution in [1.82, 2.24) is 14.9 Å². The fourth-order valence-electron chi connectivity index (χ4n) is 4.85. The highest BCUT2D eigenvalue weighted by molar-refractivity contribution is 7.16. The van der Waals surface area contributed by atoms with Gasteiger partial charge in [0.1, 0.15) is 11.2 Å². The van der Waals surface area contributed by atoms with Crippen LogP contribution in [0.25, 0.3) is 10.2 Å². The molecule has 1 saturated heterocycles. The van der Waals surface area contributed by atoms with Gasteiger partial charge in [-0.1, -0.05) is 20.8 Å². The molecule has 0 unspecified atom stereocenters. The van der Waals surface area contributed by atoms with Gasteiger partial charge in [0.05, 0.1) is 5.39 Å². The number of nitrogens with zero attached hydrogens (tertiary/aromatic N) is 3. The maximum atomic E-state index is 12.7. The molecule has 2 fully saturated rings. The summed E-state index contributed by atoms with van der Waals surface area (Å²) in [4.78, 5) is 24.1. The first-order valence-corrected chi connectivity index (χ1v) is 9.34. The molecule has 2 bridgehead atoms. The zero-order chi connectivity index (χ0) is 16.9. The van der Waals surface area contributed by atoms with E-state index in [2.05, 4.69) is 30.7 Å². The van der Waals surface area contributed by atoms with Crippen molar-refractivity contribution in [2.45, 2.75) is 46.1 Å². The Bertz CT molecular complexity index is 787. The molecule has 4 rings (SSSR count). The van der Waals surface area contributed by atoms with Gasteiger partial charge in [0, 0.05) is 12.6 Å². The number of aromatic nitrogens is 2. The lowest BCUT2D eigenvalue weighted by Gasteiger charge is -2.39. The minimum Gasteiger partial charge on any atom is -0.467 e. The lowest BCUT2D eigenvalue weighted by atomic mass is 9.65. The van der Waals surface area contributed by atoms with Crippen LogP contribution in [0.1, 0.15) is 40.0 Å². The molecule has 2 aromatic heterocycles. The molecule has 0 N–H and O–H groups in total. The number of hydrogen-bond acceptors (Lipinski definition) is 5. The zero-order valence-electron chi connectivity index (χ0n) is 14.4. The fourth-order valence-corrected chi connectivity index (χ4v) is 5.57. The lowest BCUT2D eigenvalue weighted by Crippen LogP contribution is -2.40. The highest BCUT2D eigenvalue weighted by atomic mass is 32.1. The minimum absolute atomic E-state index is 0.0506. The SMILES string of the molecule is CC1(C)C[C@H]2C[C@](C)(CN2C(=O)COc2ncnc3sccc23)C1. The van der Waals surface area contributed by atoms with Crippen LogP contribution in [0.15, 0.2) is 17.8 Å². The summed E-state index contributed by atoms with van der Waals surface area (Å²) < 4.78 is 5.75. The van der Waals surface area contributed by atoms with Crippen molar-refractivity contribution in [2.24, 2.45) is 10.8 Å². The van der Waals surface area contributed by atoms with E-state index in [0.29, 0.717) is 17.3 Å². The van der Waals surface area contributed by atoms with Gasteiger partial charge in [-0.05, 0) is 41.5 Å². The van der Waals surface area contributed by atoms with E-state index in [1.807, 2.05) is 16.3 Å². The van der Waals surface area contributed by atoms with Crippen LogP contribution < -0.4 is 4.74 Å². The molecule has 2 aliphatic rings. The molecule has 2 atom stereocenters. The maximum Gasteiger partial charge on any atom is 0.260 e. The summed E-state index contributed by atoms with van der Waals surface area (Å²) in [6.07, 6.45) is 4.87. The Balaban J connectivity index is 1.47. The molecule has 2 aromatic rings. The van der Waals surface area contributed by atoms with Crippen molar-refractivity contribution in [1.29, 1.82) is 0 Å². The second-order valence-electron chi connectivity index (χ2n) is 8.34. The third-order valence-electron chi connectivity index (χ3n) is 5.29. The Morgan fingerprint density at radius 2 is 2.21 bits per heavy atom. The number of thiophene rings is 1. The number of ether oxygens (including phenoxy) is 1. The molecule has 0 radical (unpaired) electrons. The second kappa shape index (κ2) is 5.41. The van der Waals surface area contributed by atoms with Crippen molar-refractivity contribution >= 4 is 27.5 Å². The van der Waals surface area contributed by atoms with Crippen LogP contribution in [0.3, 0.4) is 0 Å². The zero-order valence-corrected chi connectivity index (χ0v) is 15.2. The minimum atomic E-state index is 0.0506. The smallest absolute Gasteiger partial charge is 0.260 e. The van der Waals surface area contributed by atoms with Crippen molar-refractivity contribution in [3.63, 3.8) is 0 Å². The van der Waals surface area contributed by atoms with Crippen LogP contribution in [0.5, 0.6) is 5.88 Å². The molecule has 1 aliphatic carbocycles. The molecule has 1 amide bonds. The highest BCUT2D eigenvalue weighted by Crippen LogP contribution is 2.52. The van der Waals surface area contributed by atoms with Crippen LogP contribution in [0, 0.1) is 10.8 Å². The first-order chi connectivity index (χ1) is 11.4. The maximum absolute atomic E-state index is 12.7. The van der Waals surface area contributed by atoms with Crippen LogP contribution >= 0.6 is 11.3 Å². The summed E-state index contributed by atoms with van der Waals surface area (Å²) >= 11 is 1.55. The van der Waals surface area contributed by atoms with E-state index in [-0.39, 0.29) is 17.9 Å². The summed E-state index contributed by atoms with van der Waals surface area (Å²) in [6.45, 7) is 7.84. The molecule has 0 spiro atoms. The van der Waals surface area contributed by atoms with E-state index < -0.39 is 0 Å². The van der Waals surface area contributed by atoms with Crippen molar-refractivity contribution < 1.29 is 9.53 Å². The van der Waals surface area contributed by atoms with Gasteiger partial charge in [-0.15, -0.1) is 11.3 Å². The van der Waals surface area contributed by atoms with E-state index in [1.54, 1.807) is 11.3 Å². The van der Waals surface area contributed by atoms with Gasteiger partial charge in [-0.25, -0.2) is 9.97 Å². The Morgan fingerprint density at radius 1 is 1.38 bits per heavy atom. The Hall–Kier alpha value is -1.69. The summed E-state index contributed by atoms with van der Waals surface area (Å²) in [5.41, 5.74) is 0.556. The van der Waals surface area contributed by atoms with Gasteiger partial charge >= 0.3 is 0 Å². The number of fused-ring (bicyclic) bond motifs is 3. The van der Waals surface area contributed by atoms with E-state index in [9.17, 15) is 4.79 Å². The standard InChI is InChI=1S/C18H23N3O2S/c1-17(2)6-12-7-18(3,9-17)10-21(12)14(22)8-23-15-13-4-5-24-16(13)20-11-19-15/h4-5,11-12H,6-10H2,1-3H3/t12-,18-/m0/s1. The average molecular weight is 345 g/mol. The summed E-state index contributed by atoms with van der Waals surface area (Å²) in [7, 11) is 0. The predicted molar refractivity (Wildman–Crippen MR) is 94.2 cm³/mol. The van der Waals surface area contributed by atoms with Crippen molar-refractivity contribution in [2.75, 3.05) is 13.2 Å². The summed E-state index contributed by atoms with van der Waals surface area (Å²) in [5, 5.41) is 2.84. The third kappa shape index (κ3) is 2.77. The van der Waals surface area contributed by atoms with Crippen LogP contribution in [0.2, 0.25) is 0 Å². The topological polar surface area (TPSA) is 55.3 Å². The second-order valence-corrected chi connectivity index (χ2v) is 9.24. The van der Waals surface area contributed by atoms with Gasteiger partial charge in [-0.3, -0.25) is 4.79 Å². The molecule has 1 aliphatic heterocycles. The van der Waals surface area contributed by atoms with Gasteiger partial charge in [0.15, 0.2) is 6.61 Å². The molecule has 5 nitrogen and oxygen atoms in total. The molecule has 1 saturated carbocycles. The normalized spacial score (nSPS) is 28.3. The van der Waals surface area contributed by atoms with Crippen molar-refractivity contribution in [3.8, 4) is 5.88 Å². The van der Waals surface area contributed by atoms with Gasteiger partial charge in [0.25, 0.3) is 5.91 Å². The van der Waals surface area contributed by atoms with E-state index in [0.717, 1.165) is 29.6 Å². The predicted octanol–water partition coefficient (Wildman–Crippen LogP) is 3.50. The Morgan fingerprint density at radius 3 is 3.04 bits per heavy atom. The number of rotatable bonds is 3. The van der Waals surface area contributed by atoms with Gasteiger partial charge < -0.3 is 9.64 Å². The monoisotopic (exact) mass is 345 g/mol. The quantitative estimate of drug-likeness (QED) is 0.854. The summed E-state index contributed by atoms with van der Waals surface area (Å²) in [5.74, 6) is 0.576. The van der Waals surface area contributed by atoms with Crippen LogP contribution in [0.4, 0.5) is 0 Å². The number of carbonyl (C=O) groups excluding carboxylic acids is 1. The average Bonchev–Trinajstić information content (AvgIpc) is 3.06. The Kier molecular flexibility index (Phi) is 3.56.